The van der Waals surface area contributed by atoms with E-state index in [0.29, 0.717) is 32.2 Å². The van der Waals surface area contributed by atoms with Crippen molar-refractivity contribution in [3.05, 3.63) is 133 Å². The van der Waals surface area contributed by atoms with Crippen LogP contribution in [0.15, 0.2) is 106 Å². The summed E-state index contributed by atoms with van der Waals surface area (Å²) in [5.74, 6) is 0.0989. The minimum atomic E-state index is -0.606. The first-order valence-corrected chi connectivity index (χ1v) is 15.1. The summed E-state index contributed by atoms with van der Waals surface area (Å²) < 4.78 is 4.50. The Morgan fingerprint density at radius 2 is 1.64 bits per heavy atom. The molecule has 0 aliphatic carbocycles. The molecule has 0 bridgehead atoms. The molecule has 6 rings (SSSR count). The molecule has 212 valence electrons. The van der Waals surface area contributed by atoms with Crippen molar-refractivity contribution in [3.8, 4) is 0 Å². The van der Waals surface area contributed by atoms with E-state index in [1.165, 1.54) is 16.9 Å². The molecule has 1 N–H and O–H groups in total. The van der Waals surface area contributed by atoms with Crippen molar-refractivity contribution in [2.75, 3.05) is 5.32 Å². The summed E-state index contributed by atoms with van der Waals surface area (Å²) in [5, 5.41) is 4.12. The van der Waals surface area contributed by atoms with Crippen molar-refractivity contribution in [2.24, 2.45) is 4.99 Å². The van der Waals surface area contributed by atoms with Gasteiger partial charge in [-0.2, -0.15) is 0 Å². The zero-order chi connectivity index (χ0) is 29.5. The Hall–Kier alpha value is -4.49. The maximum Gasteiger partial charge on any atom is 0.271 e. The molecule has 1 atom stereocenters. The van der Waals surface area contributed by atoms with Gasteiger partial charge in [0.2, 0.25) is 0 Å². The number of nitrogens with one attached hydrogen (secondary N) is 1. The van der Waals surface area contributed by atoms with E-state index in [2.05, 4.69) is 68.0 Å². The number of carbonyl (C=O) groups is 1. The largest absolute Gasteiger partial charge is 0.344 e. The molecule has 0 radical (unpaired) electrons. The molecule has 1 amide bonds. The standard InChI is InChI=1S/C35H34N4O2S/c1-21(2)24-15-17-25(18-16-24)32-31(33(40)37-27-11-7-6-8-12-27)23(5)36-35-39(32)34(41)30(42-35)19-26-20-38(22(3)4)29-14-10-9-13-28(26)29/h6-22,32H,1-5H3,(H,37,40)/t32-/m0/s1. The number of para-hydroxylation sites is 2. The van der Waals surface area contributed by atoms with Gasteiger partial charge in [-0.3, -0.25) is 14.2 Å². The molecule has 5 aromatic rings. The molecule has 1 aliphatic rings. The van der Waals surface area contributed by atoms with Crippen LogP contribution in [0.2, 0.25) is 0 Å². The lowest BCUT2D eigenvalue weighted by Crippen LogP contribution is -2.40. The zero-order valence-electron chi connectivity index (χ0n) is 24.5. The van der Waals surface area contributed by atoms with E-state index in [9.17, 15) is 9.59 Å². The highest BCUT2D eigenvalue weighted by Gasteiger charge is 2.32. The maximum absolute atomic E-state index is 14.2. The Morgan fingerprint density at radius 3 is 2.33 bits per heavy atom. The van der Waals surface area contributed by atoms with Crippen LogP contribution in [0.1, 0.15) is 69.3 Å². The van der Waals surface area contributed by atoms with Crippen molar-refractivity contribution < 1.29 is 4.79 Å². The summed E-state index contributed by atoms with van der Waals surface area (Å²) in [6.45, 7) is 10.5. The second kappa shape index (κ2) is 11.1. The van der Waals surface area contributed by atoms with Gasteiger partial charge in [0.05, 0.1) is 21.8 Å². The molecule has 2 aromatic heterocycles. The Labute approximate surface area is 249 Å². The second-order valence-corrected chi connectivity index (χ2v) is 12.3. The number of benzene rings is 3. The van der Waals surface area contributed by atoms with E-state index in [1.807, 2.05) is 67.6 Å². The van der Waals surface area contributed by atoms with Crippen LogP contribution in [0.25, 0.3) is 17.0 Å². The van der Waals surface area contributed by atoms with Gasteiger partial charge in [-0.25, -0.2) is 4.99 Å². The lowest BCUT2D eigenvalue weighted by Gasteiger charge is -2.25. The monoisotopic (exact) mass is 574 g/mol. The number of rotatable bonds is 6. The number of thiazole rings is 1. The molecule has 0 fully saturated rings. The molecule has 0 spiro atoms. The van der Waals surface area contributed by atoms with E-state index >= 15 is 0 Å². The summed E-state index contributed by atoms with van der Waals surface area (Å²) in [7, 11) is 0. The second-order valence-electron chi connectivity index (χ2n) is 11.3. The highest BCUT2D eigenvalue weighted by atomic mass is 32.1. The normalized spacial score (nSPS) is 15.4. The lowest BCUT2D eigenvalue weighted by atomic mass is 9.93. The molecular formula is C35H34N4O2S. The van der Waals surface area contributed by atoms with E-state index in [0.717, 1.165) is 22.0 Å². The zero-order valence-corrected chi connectivity index (χ0v) is 25.3. The van der Waals surface area contributed by atoms with Crippen molar-refractivity contribution >= 4 is 39.9 Å². The number of hydrogen-bond acceptors (Lipinski definition) is 4. The number of allylic oxidation sites excluding steroid dienone is 1. The summed E-state index contributed by atoms with van der Waals surface area (Å²) in [6.07, 6.45) is 4.08. The molecule has 3 aromatic carbocycles. The minimum Gasteiger partial charge on any atom is -0.344 e. The Kier molecular flexibility index (Phi) is 7.29. The van der Waals surface area contributed by atoms with Crippen LogP contribution in [-0.2, 0) is 4.79 Å². The van der Waals surface area contributed by atoms with Crippen molar-refractivity contribution in [3.63, 3.8) is 0 Å². The number of nitrogens with zero attached hydrogens (tertiary/aromatic N) is 3. The van der Waals surface area contributed by atoms with Crippen LogP contribution in [-0.4, -0.2) is 15.0 Å². The van der Waals surface area contributed by atoms with E-state index in [4.69, 9.17) is 4.99 Å². The van der Waals surface area contributed by atoms with Gasteiger partial charge in [-0.1, -0.05) is 85.8 Å². The van der Waals surface area contributed by atoms with Gasteiger partial charge in [0.1, 0.15) is 0 Å². The number of hydrogen-bond donors (Lipinski definition) is 1. The molecule has 0 saturated carbocycles. The predicted molar refractivity (Wildman–Crippen MR) is 172 cm³/mol. The number of carbonyl (C=O) groups excluding carboxylic acids is 1. The summed E-state index contributed by atoms with van der Waals surface area (Å²) in [5.41, 5.74) is 5.79. The first-order valence-electron chi connectivity index (χ1n) is 14.3. The summed E-state index contributed by atoms with van der Waals surface area (Å²) in [4.78, 5) is 33.4. The van der Waals surface area contributed by atoms with Gasteiger partial charge < -0.3 is 9.88 Å². The fourth-order valence-electron chi connectivity index (χ4n) is 5.63. The number of anilines is 1. The van der Waals surface area contributed by atoms with Crippen molar-refractivity contribution in [1.82, 2.24) is 9.13 Å². The third-order valence-electron chi connectivity index (χ3n) is 7.83. The summed E-state index contributed by atoms with van der Waals surface area (Å²) >= 11 is 1.36. The molecular weight excluding hydrogens is 540 g/mol. The quantitative estimate of drug-likeness (QED) is 0.250. The van der Waals surface area contributed by atoms with Crippen LogP contribution in [0.5, 0.6) is 0 Å². The molecule has 7 heteroatoms. The first kappa shape index (κ1) is 27.7. The topological polar surface area (TPSA) is 68.4 Å². The van der Waals surface area contributed by atoms with Gasteiger partial charge in [0.25, 0.3) is 11.5 Å². The number of amides is 1. The van der Waals surface area contributed by atoms with Crippen LogP contribution >= 0.6 is 11.3 Å². The van der Waals surface area contributed by atoms with Gasteiger partial charge in [0.15, 0.2) is 4.80 Å². The van der Waals surface area contributed by atoms with Gasteiger partial charge in [0, 0.05) is 34.4 Å². The van der Waals surface area contributed by atoms with Gasteiger partial charge in [-0.15, -0.1) is 0 Å². The smallest absolute Gasteiger partial charge is 0.271 e. The fraction of sp³-hybridized carbons (Fsp3) is 0.229. The summed E-state index contributed by atoms with van der Waals surface area (Å²) in [6, 6.07) is 25.5. The van der Waals surface area contributed by atoms with Crippen molar-refractivity contribution in [2.45, 2.75) is 52.6 Å². The number of aromatic nitrogens is 2. The molecule has 42 heavy (non-hydrogen) atoms. The van der Waals surface area contributed by atoms with Crippen LogP contribution in [0, 0.1) is 0 Å². The van der Waals surface area contributed by atoms with E-state index < -0.39 is 6.04 Å². The third-order valence-corrected chi connectivity index (χ3v) is 8.81. The molecule has 3 heterocycles. The van der Waals surface area contributed by atoms with Gasteiger partial charge in [-0.05, 0) is 62.1 Å². The van der Waals surface area contributed by atoms with Crippen molar-refractivity contribution in [1.29, 1.82) is 0 Å². The Morgan fingerprint density at radius 1 is 0.952 bits per heavy atom. The third kappa shape index (κ3) is 4.94. The van der Waals surface area contributed by atoms with E-state index in [1.54, 1.807) is 4.57 Å². The SMILES string of the molecule is CC1=C(C(=O)Nc2ccccc2)[C@H](c2ccc(C(C)C)cc2)n2c(sc(=Cc3cn(C(C)C)c4ccccc34)c2=O)=N1. The molecule has 0 unspecified atom stereocenters. The average molecular weight is 575 g/mol. The average Bonchev–Trinajstić information content (AvgIpc) is 3.50. The highest BCUT2D eigenvalue weighted by Crippen LogP contribution is 2.32. The highest BCUT2D eigenvalue weighted by molar-refractivity contribution is 7.07. The fourth-order valence-corrected chi connectivity index (χ4v) is 6.66. The van der Waals surface area contributed by atoms with Crippen LogP contribution < -0.4 is 20.2 Å². The number of fused-ring (bicyclic) bond motifs is 2. The minimum absolute atomic E-state index is 0.157. The maximum atomic E-state index is 14.2. The lowest BCUT2D eigenvalue weighted by molar-refractivity contribution is -0.113. The van der Waals surface area contributed by atoms with Gasteiger partial charge >= 0.3 is 0 Å². The predicted octanol–water partition coefficient (Wildman–Crippen LogP) is 6.53. The Balaban J connectivity index is 1.53. The molecule has 6 nitrogen and oxygen atoms in total. The van der Waals surface area contributed by atoms with Crippen LogP contribution in [0.3, 0.4) is 0 Å². The Bertz CT molecular complexity index is 2010. The van der Waals surface area contributed by atoms with Crippen LogP contribution in [0.4, 0.5) is 5.69 Å². The van der Waals surface area contributed by atoms with E-state index in [-0.39, 0.29) is 17.5 Å². The molecule has 1 aliphatic heterocycles. The first-order chi connectivity index (χ1) is 20.2. The molecule has 0 saturated heterocycles.